The Morgan fingerprint density at radius 1 is 1.03 bits per heavy atom. The van der Waals surface area contributed by atoms with Crippen molar-refractivity contribution in [1.82, 2.24) is 19.3 Å². The number of hydrogen-bond donors (Lipinski definition) is 2. The molecule has 0 saturated heterocycles. The summed E-state index contributed by atoms with van der Waals surface area (Å²) in [7, 11) is -2.24. The number of aromatic nitrogens is 3. The highest BCUT2D eigenvalue weighted by Crippen LogP contribution is 2.22. The third kappa shape index (κ3) is 4.57. The summed E-state index contributed by atoms with van der Waals surface area (Å²) in [6.07, 6.45) is 2.72. The molecule has 0 saturated carbocycles. The van der Waals surface area contributed by atoms with Crippen LogP contribution < -0.4 is 0 Å². The fourth-order valence-corrected chi connectivity index (χ4v) is 5.12. The molecule has 4 aromatic rings. The maximum Gasteiger partial charge on any atom is 0.243 e. The zero-order valence-electron chi connectivity index (χ0n) is 18.1. The maximum absolute atomic E-state index is 13.2. The number of nitrogens with zero attached hydrogens (tertiary/aromatic N) is 3. The summed E-state index contributed by atoms with van der Waals surface area (Å²) in [4.78, 5) is 12.4. The Morgan fingerprint density at radius 3 is 2.44 bits per heavy atom. The molecule has 0 unspecified atom stereocenters. The summed E-state index contributed by atoms with van der Waals surface area (Å²) in [6.45, 7) is 1.64. The van der Waals surface area contributed by atoms with Crippen molar-refractivity contribution in [2.24, 2.45) is 0 Å². The van der Waals surface area contributed by atoms with Gasteiger partial charge in [-0.15, -0.1) is 0 Å². The molecule has 4 rings (SSSR count). The number of aliphatic hydroxyl groups is 1. The number of benzene rings is 2. The van der Waals surface area contributed by atoms with Gasteiger partial charge in [-0.25, -0.2) is 13.4 Å². The fourth-order valence-electron chi connectivity index (χ4n) is 3.77. The molecule has 0 fully saturated rings. The largest absolute Gasteiger partial charge is 0.395 e. The molecule has 0 radical (unpaired) electrons. The predicted molar refractivity (Wildman–Crippen MR) is 124 cm³/mol. The van der Waals surface area contributed by atoms with Crippen LogP contribution in [0.15, 0.2) is 71.8 Å². The first-order chi connectivity index (χ1) is 15.4. The summed E-state index contributed by atoms with van der Waals surface area (Å²) in [6, 6.07) is 17.7. The van der Waals surface area contributed by atoms with E-state index in [1.807, 2.05) is 43.3 Å². The smallest absolute Gasteiger partial charge is 0.243 e. The second-order valence-corrected chi connectivity index (χ2v) is 9.84. The predicted octanol–water partition coefficient (Wildman–Crippen LogP) is 3.08. The van der Waals surface area contributed by atoms with Gasteiger partial charge in [0.25, 0.3) is 0 Å². The number of aromatic amines is 1. The van der Waals surface area contributed by atoms with Gasteiger partial charge in [0, 0.05) is 19.7 Å². The average molecular weight is 451 g/mol. The van der Waals surface area contributed by atoms with Crippen molar-refractivity contribution in [2.45, 2.75) is 30.7 Å². The number of pyridine rings is 1. The molecule has 2 N–H and O–H groups in total. The average Bonchev–Trinajstić information content (AvgIpc) is 3.19. The van der Waals surface area contributed by atoms with Crippen molar-refractivity contribution in [3.63, 3.8) is 0 Å². The third-order valence-electron chi connectivity index (χ3n) is 5.61. The highest BCUT2D eigenvalue weighted by atomic mass is 32.2. The number of sulfonamides is 1. The summed E-state index contributed by atoms with van der Waals surface area (Å²) in [5, 5.41) is 9.84. The highest BCUT2D eigenvalue weighted by Gasteiger charge is 2.27. The molecule has 0 aliphatic rings. The number of imidazole rings is 1. The van der Waals surface area contributed by atoms with Crippen LogP contribution in [0.25, 0.3) is 11.0 Å². The van der Waals surface area contributed by atoms with Crippen molar-refractivity contribution >= 4 is 21.1 Å². The summed E-state index contributed by atoms with van der Waals surface area (Å²) >= 11 is 0. The van der Waals surface area contributed by atoms with Crippen molar-refractivity contribution in [3.8, 4) is 0 Å². The van der Waals surface area contributed by atoms with Crippen LogP contribution in [0.1, 0.15) is 22.6 Å². The lowest BCUT2D eigenvalue weighted by Crippen LogP contribution is -2.40. The lowest BCUT2D eigenvalue weighted by Gasteiger charge is -2.26. The minimum atomic E-state index is -3.75. The number of nitrogens with one attached hydrogen (secondary N) is 1. The van der Waals surface area contributed by atoms with Crippen molar-refractivity contribution in [1.29, 1.82) is 0 Å². The number of aryl methyl sites for hydroxylation is 1. The summed E-state index contributed by atoms with van der Waals surface area (Å²) in [5.41, 5.74) is 4.51. The van der Waals surface area contributed by atoms with Crippen molar-refractivity contribution in [3.05, 3.63) is 89.5 Å². The Kier molecular flexibility index (Phi) is 6.36. The third-order valence-corrected chi connectivity index (χ3v) is 7.53. The molecule has 8 heteroatoms. The Bertz CT molecular complexity index is 1300. The summed E-state index contributed by atoms with van der Waals surface area (Å²) in [5.74, 6) is 0.827. The van der Waals surface area contributed by atoms with Gasteiger partial charge in [-0.2, -0.15) is 4.31 Å². The minimum absolute atomic E-state index is 0.192. The SMILES string of the molecule is Cc1nc2c(Cc3ccc(S(=O)(=O)N(C)[C@H](CO)Cc4ccccc4)cc3)nccc2[nH]1. The van der Waals surface area contributed by atoms with E-state index in [2.05, 4.69) is 15.0 Å². The molecule has 0 amide bonds. The molecule has 166 valence electrons. The van der Waals surface area contributed by atoms with Crippen LogP contribution >= 0.6 is 0 Å². The minimum Gasteiger partial charge on any atom is -0.395 e. The van der Waals surface area contributed by atoms with Crippen LogP contribution in [0.4, 0.5) is 0 Å². The van der Waals surface area contributed by atoms with E-state index in [1.54, 1.807) is 30.5 Å². The van der Waals surface area contributed by atoms with E-state index in [4.69, 9.17) is 0 Å². The Balaban J connectivity index is 1.53. The standard InChI is InChI=1S/C24H26N4O3S/c1-17-26-22-12-13-25-23(24(22)27-17)15-19-8-10-21(11-9-19)32(30,31)28(2)20(16-29)14-18-6-4-3-5-7-18/h3-13,20,29H,14-16H2,1-2H3,(H,26,27)/t20-/m0/s1. The van der Waals surface area contributed by atoms with Crippen LogP contribution in [-0.4, -0.2) is 52.5 Å². The molecule has 0 spiro atoms. The molecule has 2 heterocycles. The fraction of sp³-hybridized carbons (Fsp3) is 0.250. The lowest BCUT2D eigenvalue weighted by molar-refractivity contribution is 0.201. The van der Waals surface area contributed by atoms with Crippen LogP contribution in [0.5, 0.6) is 0 Å². The first kappa shape index (κ1) is 22.1. The second-order valence-electron chi connectivity index (χ2n) is 7.84. The van der Waals surface area contributed by atoms with E-state index >= 15 is 0 Å². The van der Waals surface area contributed by atoms with Gasteiger partial charge >= 0.3 is 0 Å². The summed E-state index contributed by atoms with van der Waals surface area (Å²) < 4.78 is 27.6. The Morgan fingerprint density at radius 2 is 1.75 bits per heavy atom. The van der Waals surface area contributed by atoms with Gasteiger partial charge in [0.2, 0.25) is 10.0 Å². The normalized spacial score (nSPS) is 13.0. The van der Waals surface area contributed by atoms with Gasteiger partial charge in [-0.05, 0) is 42.7 Å². The van der Waals surface area contributed by atoms with Gasteiger partial charge in [0.05, 0.1) is 28.8 Å². The number of H-pyrrole nitrogens is 1. The van der Waals surface area contributed by atoms with Crippen molar-refractivity contribution < 1.29 is 13.5 Å². The van der Waals surface area contributed by atoms with Gasteiger partial charge in [-0.3, -0.25) is 4.98 Å². The number of aliphatic hydroxyl groups excluding tert-OH is 1. The lowest BCUT2D eigenvalue weighted by atomic mass is 10.1. The second kappa shape index (κ2) is 9.20. The zero-order chi connectivity index (χ0) is 22.7. The first-order valence-corrected chi connectivity index (χ1v) is 11.8. The molecule has 0 aliphatic heterocycles. The molecular formula is C24H26N4O3S. The Labute approximate surface area is 187 Å². The maximum atomic E-state index is 13.2. The number of likely N-dealkylation sites (N-methyl/N-ethyl adjacent to an activating group) is 1. The Hall–Kier alpha value is -3.07. The molecule has 2 aromatic heterocycles. The topological polar surface area (TPSA) is 99.2 Å². The van der Waals surface area contributed by atoms with E-state index in [1.165, 1.54) is 11.4 Å². The van der Waals surface area contributed by atoms with Crippen LogP contribution in [0.3, 0.4) is 0 Å². The van der Waals surface area contributed by atoms with Crippen LogP contribution in [0, 0.1) is 6.92 Å². The zero-order valence-corrected chi connectivity index (χ0v) is 18.9. The number of fused-ring (bicyclic) bond motifs is 1. The highest BCUT2D eigenvalue weighted by molar-refractivity contribution is 7.89. The van der Waals surface area contributed by atoms with E-state index in [-0.39, 0.29) is 11.5 Å². The van der Waals surface area contributed by atoms with E-state index < -0.39 is 16.1 Å². The van der Waals surface area contributed by atoms with Gasteiger partial charge in [0.1, 0.15) is 11.3 Å². The molecule has 0 aliphatic carbocycles. The van der Waals surface area contributed by atoms with Crippen LogP contribution in [-0.2, 0) is 22.9 Å². The van der Waals surface area contributed by atoms with E-state index in [9.17, 15) is 13.5 Å². The van der Waals surface area contributed by atoms with Gasteiger partial charge in [0.15, 0.2) is 0 Å². The molecule has 0 bridgehead atoms. The van der Waals surface area contributed by atoms with Crippen molar-refractivity contribution in [2.75, 3.05) is 13.7 Å². The molecule has 7 nitrogen and oxygen atoms in total. The monoisotopic (exact) mass is 450 g/mol. The quantitative estimate of drug-likeness (QED) is 0.430. The molecular weight excluding hydrogens is 424 g/mol. The molecule has 32 heavy (non-hydrogen) atoms. The van der Waals surface area contributed by atoms with Crippen LogP contribution in [0.2, 0.25) is 0 Å². The number of rotatable bonds is 8. The van der Waals surface area contributed by atoms with Gasteiger partial charge < -0.3 is 10.1 Å². The van der Waals surface area contributed by atoms with Gasteiger partial charge in [-0.1, -0.05) is 42.5 Å². The first-order valence-electron chi connectivity index (χ1n) is 10.4. The molecule has 2 aromatic carbocycles. The van der Waals surface area contributed by atoms with E-state index in [0.717, 1.165) is 33.7 Å². The number of hydrogen-bond acceptors (Lipinski definition) is 5. The molecule has 1 atom stereocenters. The van der Waals surface area contributed by atoms with E-state index in [0.29, 0.717) is 12.8 Å².